The lowest BCUT2D eigenvalue weighted by Crippen LogP contribution is -2.42. The molecule has 2 aliphatic carbocycles. The van der Waals surface area contributed by atoms with Gasteiger partial charge in [-0.3, -0.25) is 0 Å². The van der Waals surface area contributed by atoms with Crippen LogP contribution in [0.4, 0.5) is 0 Å². The molecule has 0 N–H and O–H groups in total. The molecule has 138 valence electrons. The SMILES string of the molecule is CC1(C)[C@@H]2CC[C@@]1(C)[C@@H]1OC(N3CCc4cc5c(cc4C3)OCO5)=N[C@H]21. The van der Waals surface area contributed by atoms with Gasteiger partial charge in [-0.1, -0.05) is 20.8 Å². The maximum absolute atomic E-state index is 6.53. The van der Waals surface area contributed by atoms with E-state index in [4.69, 9.17) is 19.2 Å². The van der Waals surface area contributed by atoms with Crippen molar-refractivity contribution in [3.63, 3.8) is 0 Å². The molecule has 1 aromatic carbocycles. The average Bonchev–Trinajstić information content (AvgIpc) is 3.33. The van der Waals surface area contributed by atoms with Crippen LogP contribution in [-0.4, -0.2) is 36.4 Å². The minimum absolute atomic E-state index is 0.243. The number of nitrogens with zero attached hydrogens (tertiary/aromatic N) is 2. The Morgan fingerprint density at radius 3 is 2.65 bits per heavy atom. The van der Waals surface area contributed by atoms with Gasteiger partial charge in [-0.2, -0.15) is 0 Å². The molecule has 3 aliphatic heterocycles. The number of ether oxygens (including phenoxy) is 3. The average molecular weight is 354 g/mol. The Balaban J connectivity index is 1.28. The van der Waals surface area contributed by atoms with Crippen molar-refractivity contribution in [3.8, 4) is 11.5 Å². The Hall–Kier alpha value is -1.91. The zero-order valence-corrected chi connectivity index (χ0v) is 15.7. The minimum atomic E-state index is 0.243. The highest BCUT2D eigenvalue weighted by atomic mass is 16.7. The van der Waals surface area contributed by atoms with Gasteiger partial charge in [0, 0.05) is 18.5 Å². The number of rotatable bonds is 0. The third-order valence-electron chi connectivity index (χ3n) is 8.19. The summed E-state index contributed by atoms with van der Waals surface area (Å²) in [7, 11) is 0. The molecular formula is C21H26N2O3. The molecule has 0 amide bonds. The van der Waals surface area contributed by atoms with E-state index in [9.17, 15) is 0 Å². The van der Waals surface area contributed by atoms with Crippen LogP contribution >= 0.6 is 0 Å². The number of hydrogen-bond donors (Lipinski definition) is 0. The van der Waals surface area contributed by atoms with Crippen LogP contribution in [0.15, 0.2) is 17.1 Å². The van der Waals surface area contributed by atoms with Crippen LogP contribution in [-0.2, 0) is 17.7 Å². The zero-order chi connectivity index (χ0) is 17.7. The summed E-state index contributed by atoms with van der Waals surface area (Å²) in [5.74, 6) is 2.40. The van der Waals surface area contributed by atoms with Crippen LogP contribution in [0, 0.1) is 16.7 Å². The monoisotopic (exact) mass is 354 g/mol. The van der Waals surface area contributed by atoms with Crippen LogP contribution in [0.3, 0.4) is 0 Å². The van der Waals surface area contributed by atoms with E-state index in [2.05, 4.69) is 37.8 Å². The fourth-order valence-electron chi connectivity index (χ4n) is 6.15. The molecule has 0 saturated heterocycles. The van der Waals surface area contributed by atoms with E-state index in [1.54, 1.807) is 0 Å². The van der Waals surface area contributed by atoms with Gasteiger partial charge in [0.1, 0.15) is 6.10 Å². The highest BCUT2D eigenvalue weighted by Gasteiger charge is 2.69. The molecule has 2 fully saturated rings. The van der Waals surface area contributed by atoms with Gasteiger partial charge in [-0.05, 0) is 53.9 Å². The van der Waals surface area contributed by atoms with Gasteiger partial charge >= 0.3 is 0 Å². The highest BCUT2D eigenvalue weighted by Crippen LogP contribution is 2.68. The molecule has 0 aromatic heterocycles. The summed E-state index contributed by atoms with van der Waals surface area (Å²) in [6, 6.07) is 5.49. The molecule has 0 unspecified atom stereocenters. The molecule has 4 atom stereocenters. The number of aliphatic imine (C=N–C) groups is 1. The Kier molecular flexibility index (Phi) is 2.73. The van der Waals surface area contributed by atoms with Crippen molar-refractivity contribution in [2.24, 2.45) is 21.7 Å². The highest BCUT2D eigenvalue weighted by molar-refractivity contribution is 5.77. The maximum Gasteiger partial charge on any atom is 0.288 e. The van der Waals surface area contributed by atoms with Gasteiger partial charge in [0.25, 0.3) is 6.02 Å². The van der Waals surface area contributed by atoms with Crippen molar-refractivity contribution in [2.75, 3.05) is 13.3 Å². The lowest BCUT2D eigenvalue weighted by atomic mass is 9.70. The van der Waals surface area contributed by atoms with Crippen LogP contribution in [0.25, 0.3) is 0 Å². The number of amidine groups is 1. The van der Waals surface area contributed by atoms with Gasteiger partial charge < -0.3 is 19.1 Å². The second-order valence-corrected chi connectivity index (χ2v) is 9.37. The molecular weight excluding hydrogens is 328 g/mol. The normalized spacial score (nSPS) is 38.0. The van der Waals surface area contributed by atoms with Crippen molar-refractivity contribution < 1.29 is 14.2 Å². The topological polar surface area (TPSA) is 43.3 Å². The predicted molar refractivity (Wildman–Crippen MR) is 97.4 cm³/mol. The summed E-state index contributed by atoms with van der Waals surface area (Å²) in [5, 5.41) is 0. The first-order chi connectivity index (χ1) is 12.5. The molecule has 26 heavy (non-hydrogen) atoms. The van der Waals surface area contributed by atoms with Crippen molar-refractivity contribution in [1.29, 1.82) is 0 Å². The Morgan fingerprint density at radius 1 is 1.12 bits per heavy atom. The minimum Gasteiger partial charge on any atom is -0.459 e. The summed E-state index contributed by atoms with van der Waals surface area (Å²) in [5.41, 5.74) is 3.23. The molecule has 5 aliphatic rings. The summed E-state index contributed by atoms with van der Waals surface area (Å²) in [4.78, 5) is 7.43. The number of hydrogen-bond acceptors (Lipinski definition) is 5. The van der Waals surface area contributed by atoms with Crippen molar-refractivity contribution in [3.05, 3.63) is 23.3 Å². The molecule has 5 heteroatoms. The van der Waals surface area contributed by atoms with Gasteiger partial charge in [0.05, 0.1) is 6.04 Å². The van der Waals surface area contributed by atoms with Gasteiger partial charge in [0.15, 0.2) is 11.5 Å². The second kappa shape index (κ2) is 4.68. The fraction of sp³-hybridized carbons (Fsp3) is 0.667. The van der Waals surface area contributed by atoms with Crippen molar-refractivity contribution in [2.45, 2.75) is 58.7 Å². The molecule has 3 heterocycles. The van der Waals surface area contributed by atoms with E-state index < -0.39 is 0 Å². The standard InChI is InChI=1S/C21H26N2O3/c1-20(2)14-4-6-21(20,3)18-17(14)22-19(26-18)23-7-5-12-8-15-16(25-11-24-15)9-13(12)10-23/h8-9,14,17-18H,4-7,10-11H2,1-3H3/t14-,17-,18-,21+/m1/s1. The third-order valence-corrected chi connectivity index (χ3v) is 8.19. The second-order valence-electron chi connectivity index (χ2n) is 9.37. The first-order valence-electron chi connectivity index (χ1n) is 9.88. The number of benzene rings is 1. The van der Waals surface area contributed by atoms with E-state index >= 15 is 0 Å². The van der Waals surface area contributed by atoms with E-state index in [1.807, 2.05) is 0 Å². The quantitative estimate of drug-likeness (QED) is 0.717. The molecule has 2 bridgehead atoms. The Morgan fingerprint density at radius 2 is 1.88 bits per heavy atom. The lowest BCUT2D eigenvalue weighted by molar-refractivity contribution is 0.0178. The summed E-state index contributed by atoms with van der Waals surface area (Å²) >= 11 is 0. The summed E-state index contributed by atoms with van der Waals surface area (Å²) < 4.78 is 17.6. The predicted octanol–water partition coefficient (Wildman–Crippen LogP) is 3.35. The van der Waals surface area contributed by atoms with Gasteiger partial charge in [-0.25, -0.2) is 4.99 Å². The van der Waals surface area contributed by atoms with Gasteiger partial charge in [0.2, 0.25) is 6.79 Å². The van der Waals surface area contributed by atoms with Crippen molar-refractivity contribution >= 4 is 6.02 Å². The Bertz CT molecular complexity index is 833. The first-order valence-corrected chi connectivity index (χ1v) is 9.88. The van der Waals surface area contributed by atoms with Crippen LogP contribution in [0.2, 0.25) is 0 Å². The Labute approximate surface area is 154 Å². The molecule has 5 nitrogen and oxygen atoms in total. The molecule has 2 saturated carbocycles. The lowest BCUT2D eigenvalue weighted by Gasteiger charge is -2.39. The zero-order valence-electron chi connectivity index (χ0n) is 15.7. The smallest absolute Gasteiger partial charge is 0.288 e. The molecule has 0 spiro atoms. The summed E-state index contributed by atoms with van der Waals surface area (Å²) in [6.45, 7) is 9.38. The van der Waals surface area contributed by atoms with E-state index in [-0.39, 0.29) is 11.5 Å². The van der Waals surface area contributed by atoms with Crippen LogP contribution in [0.1, 0.15) is 44.7 Å². The molecule has 1 aromatic rings. The molecule has 0 radical (unpaired) electrons. The van der Waals surface area contributed by atoms with Gasteiger partial charge in [-0.15, -0.1) is 0 Å². The fourth-order valence-corrected chi connectivity index (χ4v) is 6.15. The number of fused-ring (bicyclic) bond motifs is 7. The largest absolute Gasteiger partial charge is 0.459 e. The van der Waals surface area contributed by atoms with E-state index in [1.165, 1.54) is 24.0 Å². The van der Waals surface area contributed by atoms with E-state index in [0.29, 0.717) is 24.2 Å². The molecule has 6 rings (SSSR count). The summed E-state index contributed by atoms with van der Waals surface area (Å²) in [6.07, 6.45) is 3.80. The third kappa shape index (κ3) is 1.70. The van der Waals surface area contributed by atoms with Crippen LogP contribution < -0.4 is 9.47 Å². The first kappa shape index (κ1) is 15.2. The maximum atomic E-state index is 6.53. The van der Waals surface area contributed by atoms with Crippen LogP contribution in [0.5, 0.6) is 11.5 Å². The van der Waals surface area contributed by atoms with E-state index in [0.717, 1.165) is 37.0 Å². The van der Waals surface area contributed by atoms with Crippen molar-refractivity contribution in [1.82, 2.24) is 4.90 Å².